The Morgan fingerprint density at radius 1 is 0.241 bits per heavy atom. The Kier molecular flexibility index (Phi) is 1290. The maximum absolute atomic E-state index is 8.89. The molecule has 0 rings (SSSR count). The van der Waals surface area contributed by atoms with Gasteiger partial charge in [-0.2, -0.15) is 0 Å². The molecule has 0 bridgehead atoms. The Bertz CT molecular complexity index is 429. The van der Waals surface area contributed by atoms with Crippen molar-refractivity contribution in [1.29, 1.82) is 0 Å². The number of aliphatic carboxylic acids is 7. The van der Waals surface area contributed by atoms with E-state index >= 15 is 0 Å². The number of carboxylic acids is 7. The zero-order valence-electron chi connectivity index (χ0n) is 30.7. The number of carbonyl (C=O) groups is 7. The monoisotopic (exact) mass is 2180 g/mol. The Morgan fingerprint density at radius 2 is 0.241 bits per heavy atom. The molecule has 0 fully saturated rings. The van der Waals surface area contributed by atoms with E-state index in [1.54, 1.807) is 0 Å². The van der Waals surface area contributed by atoms with E-state index in [0.717, 1.165) is 48.5 Å². The van der Waals surface area contributed by atoms with Crippen LogP contribution in [0.3, 0.4) is 0 Å². The zero-order valence-corrected chi connectivity index (χ0v) is 70.8. The van der Waals surface area contributed by atoms with Crippen LogP contribution in [0.25, 0.3) is 0 Å². The van der Waals surface area contributed by atoms with Crippen LogP contribution in [0.4, 0.5) is 0 Å². The first-order valence-corrected chi connectivity index (χ1v) is 11.2. The normalized spacial score (nSPS) is 3.43. The molecule has 0 aliphatic rings. The van der Waals surface area contributed by atoms with Crippen LogP contribution in [-0.2, 0) is 182 Å². The van der Waals surface area contributed by atoms with E-state index in [0.29, 0.717) is 98.9 Å². The fraction of sp³-hybridized carbons (Fsp3) is 0.500. The van der Waals surface area contributed by atoms with Gasteiger partial charge in [0.1, 0.15) is 0 Å². The van der Waals surface area contributed by atoms with Gasteiger partial charge in [0.15, 0.2) is 0 Å². The van der Waals surface area contributed by atoms with Crippen molar-refractivity contribution in [1.82, 2.24) is 0 Å². The average molecular weight is 2180 g/mol. The van der Waals surface area contributed by atoms with Gasteiger partial charge in [-0.05, 0) is 48.5 Å². The van der Waals surface area contributed by atoms with Crippen LogP contribution in [0.5, 0.6) is 0 Å². The average Bonchev–Trinajstić information content (AvgIpc) is 2.65. The van der Waals surface area contributed by atoms with Crippen LogP contribution in [0.2, 0.25) is 0 Å². The summed E-state index contributed by atoms with van der Waals surface area (Å²) in [5.41, 5.74) is 0. The molecule has 0 aliphatic heterocycles. The molecular formula is C14H28Ba4Ce4O32Zr4. The zero-order chi connectivity index (χ0) is 33.0. The summed E-state index contributed by atoms with van der Waals surface area (Å²) in [4.78, 5) is 62.2. The van der Waals surface area contributed by atoms with Crippen LogP contribution >= 0.6 is 0 Å². The maximum atomic E-state index is 8.89. The molecule has 316 valence electrons. The van der Waals surface area contributed by atoms with Crippen molar-refractivity contribution >= 4 is 237 Å². The molecule has 0 heterocycles. The summed E-state index contributed by atoms with van der Waals surface area (Å²) in [7, 11) is 0. The Balaban J connectivity index is -0.00000000371. The van der Waals surface area contributed by atoms with Gasteiger partial charge >= 0.3 is 473 Å². The molecule has 0 aromatic heterocycles. The van der Waals surface area contributed by atoms with Crippen LogP contribution < -0.4 is 35.7 Å². The Morgan fingerprint density at radius 3 is 0.241 bits per heavy atom. The molecule has 0 aliphatic carbocycles. The molecule has 58 heavy (non-hydrogen) atoms. The standard InChI is InChI=1S/7C2H4O2.4Ba.4Ce.7H2O.11O.4Zr/c7*1-2(3)4;;;;;;;;;;;;;;;;;;;;;;;;;;;;;;/h7*1H3,(H,3,4);;;;;;;;;7*1H2;;;;;;;;;;;;;;;/q;;;;;;;4*+2;4*+3;;;;;;;;;;;;7*-2;4*+2/p-14. The second-order valence-electron chi connectivity index (χ2n) is 3.44. The molecule has 0 unspecified atom stereocenters. The van der Waals surface area contributed by atoms with Gasteiger partial charge in [0.05, 0.1) is 0 Å². The molecule has 0 amide bonds. The fourth-order valence-corrected chi connectivity index (χ4v) is 0. The van der Waals surface area contributed by atoms with Gasteiger partial charge in [0, 0.05) is 41.8 Å². The molecule has 0 atom stereocenters. The van der Waals surface area contributed by atoms with Gasteiger partial charge in [-0.1, -0.05) is 0 Å². The van der Waals surface area contributed by atoms with E-state index in [1.165, 1.54) is 0 Å². The number of hydrogen-bond donors (Lipinski definition) is 0. The third kappa shape index (κ3) is 2680. The predicted octanol–water partition coefficient (Wildman–Crippen LogP) is -12.8. The van der Waals surface area contributed by atoms with Gasteiger partial charge in [-0.25, -0.2) is 0 Å². The SMILES string of the molecule is CC(=O)[O-].CC(=O)[O-].CC(=O)[O-].CC(=O)[O-].CC(=O)[O-].CC(=O)[O-].CC(=O)[O-].[Ba+2].[Ba+2].[Ba+2].[Ba+2].[Ce+3].[Ce+3].[Ce+3].[Ce+3].[O-2].[O-2].[O-2].[O-2].[O-2].[O-2].[O-2].[OH-].[OH-].[OH-].[OH-].[OH-].[OH-].[OH-].[O]=[Zr+2].[O]=[Zr+2].[O]=[Zr+2].[O]=[Zr+2]. The molecule has 0 aromatic carbocycles. The van der Waals surface area contributed by atoms with E-state index in [9.17, 15) is 0 Å². The van der Waals surface area contributed by atoms with Gasteiger partial charge in [-0.3, -0.25) is 0 Å². The molecular weight excluding hydrogens is 2150 g/mol. The fourth-order valence-electron chi connectivity index (χ4n) is 0. The summed E-state index contributed by atoms with van der Waals surface area (Å²) in [6, 6.07) is 0. The number of carboxylic acid groups (broad SMARTS) is 7. The number of hydrogen-bond acceptors (Lipinski definition) is 25. The first-order chi connectivity index (χ1) is 16.1. The van der Waals surface area contributed by atoms with Crippen molar-refractivity contribution in [3.8, 4) is 0 Å². The molecule has 44 heteroatoms. The van der Waals surface area contributed by atoms with Crippen LogP contribution in [0.1, 0.15) is 48.5 Å². The van der Waals surface area contributed by atoms with Gasteiger partial charge in [0.2, 0.25) is 0 Å². The van der Waals surface area contributed by atoms with Gasteiger partial charge in [-0.15, -0.1) is 0 Å². The van der Waals surface area contributed by atoms with Crippen LogP contribution in [0.15, 0.2) is 0 Å². The van der Waals surface area contributed by atoms with E-state index < -0.39 is 41.8 Å². The minimum absolute atomic E-state index is 0. The third-order valence-corrected chi connectivity index (χ3v) is 0. The van der Waals surface area contributed by atoms with Crippen molar-refractivity contribution < 1.29 is 423 Å². The molecule has 0 aromatic rings. The summed E-state index contributed by atoms with van der Waals surface area (Å²) in [5.74, 6) is -7.58. The van der Waals surface area contributed by atoms with Crippen molar-refractivity contribution in [3.05, 3.63) is 0 Å². The second kappa shape index (κ2) is 302. The molecule has 7 N–H and O–H groups in total. The number of carbonyl (C=O) groups excluding carboxylic acids is 7. The van der Waals surface area contributed by atoms with Crippen LogP contribution in [0, 0.1) is 167 Å². The van der Waals surface area contributed by atoms with Gasteiger partial charge in [0.25, 0.3) is 0 Å². The second-order valence-corrected chi connectivity index (χ2v) is 3.44. The quantitative estimate of drug-likeness (QED) is 0.203. The Hall–Kier alpha value is 10.3. The predicted molar refractivity (Wildman–Crippen MR) is 119 cm³/mol. The first-order valence-electron chi connectivity index (χ1n) is 7.17. The van der Waals surface area contributed by atoms with E-state index in [1.807, 2.05) is 0 Å². The first kappa shape index (κ1) is 248. The summed E-state index contributed by atoms with van der Waals surface area (Å²) < 4.78 is 33.4. The van der Waals surface area contributed by atoms with E-state index in [4.69, 9.17) is 80.6 Å². The van der Waals surface area contributed by atoms with E-state index in [2.05, 4.69) is 0 Å². The Labute approximate surface area is 689 Å². The summed E-state index contributed by atoms with van der Waals surface area (Å²) in [6.07, 6.45) is 0. The molecule has 0 saturated carbocycles. The molecule has 0 saturated heterocycles. The molecule has 32 nitrogen and oxygen atoms in total. The summed E-state index contributed by atoms with van der Waals surface area (Å²) >= 11 is 1.20. The third-order valence-electron chi connectivity index (χ3n) is 0. The van der Waals surface area contributed by atoms with Gasteiger partial charge < -0.3 is 146 Å². The number of rotatable bonds is 0. The summed E-state index contributed by atoms with van der Waals surface area (Å²) in [6.45, 7) is 6.81. The van der Waals surface area contributed by atoms with Crippen LogP contribution in [-0.4, -0.2) is 276 Å². The minimum atomic E-state index is -1.08. The molecule has 4 radical (unpaired) electrons. The van der Waals surface area contributed by atoms with Crippen molar-refractivity contribution in [2.45, 2.75) is 48.5 Å². The summed E-state index contributed by atoms with van der Waals surface area (Å²) in [5, 5.41) is 62.2. The van der Waals surface area contributed by atoms with Crippen molar-refractivity contribution in [2.24, 2.45) is 0 Å². The van der Waals surface area contributed by atoms with Crippen molar-refractivity contribution in [2.75, 3.05) is 0 Å². The van der Waals surface area contributed by atoms with Crippen molar-refractivity contribution in [3.63, 3.8) is 0 Å². The molecule has 0 spiro atoms. The topological polar surface area (TPSA) is 759 Å². The van der Waals surface area contributed by atoms with E-state index in [-0.39, 0.29) is 439 Å².